The number of cyclic esters (lactones) is 1. The molecule has 0 bridgehead atoms. The first-order valence-electron chi connectivity index (χ1n) is 6.34. The summed E-state index contributed by atoms with van der Waals surface area (Å²) >= 11 is 1.94. The second-order valence-electron chi connectivity index (χ2n) is 4.66. The molecular weight excluding hydrogens is 222 g/mol. The Morgan fingerprint density at radius 3 is 2.69 bits per heavy atom. The van der Waals surface area contributed by atoms with Gasteiger partial charge >= 0.3 is 5.97 Å². The first-order chi connectivity index (χ1) is 7.84. The standard InChI is InChI=1S/C12H21NO2S/c14-12-9-11(5-8-15-12)16-10-13-6-3-1-2-4-7-13/h11H,1-10H2. The van der Waals surface area contributed by atoms with E-state index in [2.05, 4.69) is 4.90 Å². The summed E-state index contributed by atoms with van der Waals surface area (Å²) < 4.78 is 4.95. The molecule has 0 aromatic rings. The molecule has 0 aliphatic carbocycles. The third kappa shape index (κ3) is 3.98. The van der Waals surface area contributed by atoms with Gasteiger partial charge in [0.15, 0.2) is 0 Å². The second-order valence-corrected chi connectivity index (χ2v) is 5.92. The zero-order valence-corrected chi connectivity index (χ0v) is 10.6. The topological polar surface area (TPSA) is 29.5 Å². The number of carbonyl (C=O) groups is 1. The number of nitrogens with zero attached hydrogens (tertiary/aromatic N) is 1. The summed E-state index contributed by atoms with van der Waals surface area (Å²) in [6.07, 6.45) is 7.09. The van der Waals surface area contributed by atoms with Gasteiger partial charge in [-0.3, -0.25) is 9.69 Å². The fourth-order valence-electron chi connectivity index (χ4n) is 2.27. The van der Waals surface area contributed by atoms with Crippen LogP contribution in [0.3, 0.4) is 0 Å². The van der Waals surface area contributed by atoms with Gasteiger partial charge in [-0.25, -0.2) is 0 Å². The predicted molar refractivity (Wildman–Crippen MR) is 66.5 cm³/mol. The van der Waals surface area contributed by atoms with Crippen molar-refractivity contribution in [1.29, 1.82) is 0 Å². The highest BCUT2D eigenvalue weighted by molar-refractivity contribution is 7.99. The van der Waals surface area contributed by atoms with E-state index in [4.69, 9.17) is 4.74 Å². The zero-order chi connectivity index (χ0) is 11.2. The maximum Gasteiger partial charge on any atom is 0.306 e. The monoisotopic (exact) mass is 243 g/mol. The molecule has 2 heterocycles. The van der Waals surface area contributed by atoms with E-state index in [-0.39, 0.29) is 5.97 Å². The van der Waals surface area contributed by atoms with Crippen molar-refractivity contribution >= 4 is 17.7 Å². The van der Waals surface area contributed by atoms with Crippen molar-refractivity contribution in [1.82, 2.24) is 4.90 Å². The van der Waals surface area contributed by atoms with Crippen molar-refractivity contribution < 1.29 is 9.53 Å². The van der Waals surface area contributed by atoms with Crippen molar-refractivity contribution in [3.63, 3.8) is 0 Å². The van der Waals surface area contributed by atoms with Gasteiger partial charge < -0.3 is 4.74 Å². The van der Waals surface area contributed by atoms with Crippen LogP contribution in [0.2, 0.25) is 0 Å². The van der Waals surface area contributed by atoms with E-state index in [1.807, 2.05) is 11.8 Å². The van der Waals surface area contributed by atoms with E-state index >= 15 is 0 Å². The lowest BCUT2D eigenvalue weighted by Crippen LogP contribution is -2.28. The summed E-state index contributed by atoms with van der Waals surface area (Å²) in [5, 5.41) is 0.490. The van der Waals surface area contributed by atoms with Crippen LogP contribution in [-0.2, 0) is 9.53 Å². The van der Waals surface area contributed by atoms with Crippen molar-refractivity contribution in [3.8, 4) is 0 Å². The summed E-state index contributed by atoms with van der Waals surface area (Å²) in [7, 11) is 0. The molecule has 16 heavy (non-hydrogen) atoms. The number of hydrogen-bond donors (Lipinski definition) is 0. The van der Waals surface area contributed by atoms with Crippen LogP contribution < -0.4 is 0 Å². The highest BCUT2D eigenvalue weighted by Gasteiger charge is 2.21. The smallest absolute Gasteiger partial charge is 0.306 e. The van der Waals surface area contributed by atoms with Crippen LogP contribution in [0.4, 0.5) is 0 Å². The summed E-state index contributed by atoms with van der Waals surface area (Å²) in [6.45, 7) is 3.10. The average molecular weight is 243 g/mol. The van der Waals surface area contributed by atoms with Gasteiger partial charge in [-0.1, -0.05) is 12.8 Å². The molecule has 3 nitrogen and oxygen atoms in total. The van der Waals surface area contributed by atoms with E-state index in [0.29, 0.717) is 18.3 Å². The Balaban J connectivity index is 1.67. The SMILES string of the molecule is O=C1CC(SCN2CCCCCC2)CCO1. The molecule has 1 atom stereocenters. The maximum absolute atomic E-state index is 11.1. The van der Waals surface area contributed by atoms with E-state index in [0.717, 1.165) is 12.3 Å². The van der Waals surface area contributed by atoms with Gasteiger partial charge in [0.1, 0.15) is 0 Å². The lowest BCUT2D eigenvalue weighted by atomic mass is 10.2. The first kappa shape index (κ1) is 12.2. The highest BCUT2D eigenvalue weighted by Crippen LogP contribution is 2.24. The molecule has 0 saturated carbocycles. The molecular formula is C12H21NO2S. The van der Waals surface area contributed by atoms with Crippen molar-refractivity contribution in [2.24, 2.45) is 0 Å². The van der Waals surface area contributed by atoms with Gasteiger partial charge in [0.2, 0.25) is 0 Å². The minimum Gasteiger partial charge on any atom is -0.466 e. The lowest BCUT2D eigenvalue weighted by molar-refractivity contribution is -0.146. The Morgan fingerprint density at radius 2 is 2.00 bits per heavy atom. The molecule has 0 amide bonds. The lowest BCUT2D eigenvalue weighted by Gasteiger charge is -2.25. The number of likely N-dealkylation sites (tertiary alicyclic amines) is 1. The number of thioether (sulfide) groups is 1. The number of carbonyl (C=O) groups excluding carboxylic acids is 1. The Kier molecular flexibility index (Phi) is 4.97. The van der Waals surface area contributed by atoms with E-state index in [1.54, 1.807) is 0 Å². The Labute approximate surface area is 102 Å². The molecule has 0 aromatic carbocycles. The third-order valence-electron chi connectivity index (χ3n) is 3.29. The zero-order valence-electron chi connectivity index (χ0n) is 9.82. The molecule has 92 valence electrons. The molecule has 0 aromatic heterocycles. The molecule has 2 aliphatic rings. The van der Waals surface area contributed by atoms with Crippen molar-refractivity contribution in [2.45, 2.75) is 43.8 Å². The first-order valence-corrected chi connectivity index (χ1v) is 7.39. The van der Waals surface area contributed by atoms with Crippen molar-refractivity contribution in [3.05, 3.63) is 0 Å². The van der Waals surface area contributed by atoms with Crippen LogP contribution in [0.5, 0.6) is 0 Å². The Morgan fingerprint density at radius 1 is 1.25 bits per heavy atom. The Hall–Kier alpha value is -0.220. The van der Waals surface area contributed by atoms with Crippen LogP contribution >= 0.6 is 11.8 Å². The summed E-state index contributed by atoms with van der Waals surface area (Å²) in [4.78, 5) is 13.7. The molecule has 2 saturated heterocycles. The number of hydrogen-bond acceptors (Lipinski definition) is 4. The Bertz CT molecular complexity index is 227. The largest absolute Gasteiger partial charge is 0.466 e. The maximum atomic E-state index is 11.1. The molecule has 0 radical (unpaired) electrons. The highest BCUT2D eigenvalue weighted by atomic mass is 32.2. The van der Waals surface area contributed by atoms with Gasteiger partial charge in [0.25, 0.3) is 0 Å². The van der Waals surface area contributed by atoms with Gasteiger partial charge in [-0.2, -0.15) is 0 Å². The summed E-state index contributed by atoms with van der Waals surface area (Å²) in [6, 6.07) is 0. The second kappa shape index (κ2) is 6.50. The molecule has 2 aliphatic heterocycles. The number of rotatable bonds is 3. The molecule has 0 spiro atoms. The van der Waals surface area contributed by atoms with Gasteiger partial charge in [-0.05, 0) is 32.4 Å². The normalized spacial score (nSPS) is 28.5. The van der Waals surface area contributed by atoms with Crippen LogP contribution in [0.15, 0.2) is 0 Å². The predicted octanol–water partition coefficient (Wildman–Crippen LogP) is 2.26. The minimum atomic E-state index is -0.0142. The quantitative estimate of drug-likeness (QED) is 0.711. The number of esters is 1. The van der Waals surface area contributed by atoms with Crippen LogP contribution in [0, 0.1) is 0 Å². The van der Waals surface area contributed by atoms with Crippen LogP contribution in [0.25, 0.3) is 0 Å². The van der Waals surface area contributed by atoms with Gasteiger partial charge in [0, 0.05) is 11.1 Å². The van der Waals surface area contributed by atoms with E-state index in [1.165, 1.54) is 38.8 Å². The third-order valence-corrected chi connectivity index (χ3v) is 4.68. The molecule has 2 rings (SSSR count). The minimum absolute atomic E-state index is 0.0142. The van der Waals surface area contributed by atoms with Crippen molar-refractivity contribution in [2.75, 3.05) is 25.6 Å². The fourth-order valence-corrected chi connectivity index (χ4v) is 3.47. The number of ether oxygens (including phenoxy) is 1. The molecule has 1 unspecified atom stereocenters. The van der Waals surface area contributed by atoms with E-state index in [9.17, 15) is 4.79 Å². The molecule has 0 N–H and O–H groups in total. The molecule has 2 fully saturated rings. The fraction of sp³-hybridized carbons (Fsp3) is 0.917. The average Bonchev–Trinajstić information content (AvgIpc) is 2.55. The molecule has 4 heteroatoms. The summed E-state index contributed by atoms with van der Waals surface area (Å²) in [5.41, 5.74) is 0. The van der Waals surface area contributed by atoms with Crippen LogP contribution in [0.1, 0.15) is 38.5 Å². The summed E-state index contributed by atoms with van der Waals surface area (Å²) in [5.74, 6) is 1.08. The van der Waals surface area contributed by atoms with Gasteiger partial charge in [-0.15, -0.1) is 11.8 Å². The van der Waals surface area contributed by atoms with E-state index < -0.39 is 0 Å². The van der Waals surface area contributed by atoms with Gasteiger partial charge in [0.05, 0.1) is 13.0 Å². The van der Waals surface area contributed by atoms with Crippen LogP contribution in [-0.4, -0.2) is 41.7 Å².